The first-order chi connectivity index (χ1) is 14.0. The van der Waals surface area contributed by atoms with E-state index in [4.69, 9.17) is 4.42 Å². The quantitative estimate of drug-likeness (QED) is 0.717. The number of furan rings is 1. The molecule has 2 saturated heterocycles. The van der Waals surface area contributed by atoms with Gasteiger partial charge in [-0.1, -0.05) is 25.6 Å². The first-order valence-corrected chi connectivity index (χ1v) is 10.9. The molecule has 10 heteroatoms. The molecular formula is C19H26N6O3S. The van der Waals surface area contributed by atoms with Gasteiger partial charge in [0.1, 0.15) is 5.76 Å². The van der Waals surface area contributed by atoms with Crippen LogP contribution in [0, 0.1) is 11.8 Å². The van der Waals surface area contributed by atoms with Crippen molar-refractivity contribution in [2.24, 2.45) is 11.8 Å². The molecule has 2 fully saturated rings. The lowest BCUT2D eigenvalue weighted by atomic mass is 9.92. The lowest BCUT2D eigenvalue weighted by molar-refractivity contribution is -0.124. The van der Waals surface area contributed by atoms with Crippen molar-refractivity contribution in [3.8, 4) is 0 Å². The van der Waals surface area contributed by atoms with Crippen molar-refractivity contribution in [1.82, 2.24) is 25.0 Å². The maximum Gasteiger partial charge on any atom is 0.324 e. The second-order valence-electron chi connectivity index (χ2n) is 7.87. The van der Waals surface area contributed by atoms with Gasteiger partial charge in [-0.05, 0) is 30.4 Å². The smallest absolute Gasteiger partial charge is 0.324 e. The predicted octanol–water partition coefficient (Wildman–Crippen LogP) is 2.05. The van der Waals surface area contributed by atoms with Crippen molar-refractivity contribution in [3.63, 3.8) is 0 Å². The number of nitrogens with zero attached hydrogens (tertiary/aromatic N) is 5. The van der Waals surface area contributed by atoms with Gasteiger partial charge in [0, 0.05) is 26.2 Å². The number of piperidine rings is 1. The third-order valence-electron chi connectivity index (χ3n) is 5.23. The number of aromatic nitrogens is 3. The Balaban J connectivity index is 1.54. The molecule has 2 aromatic rings. The summed E-state index contributed by atoms with van der Waals surface area (Å²) in [5.74, 6) is 2.68. The van der Waals surface area contributed by atoms with E-state index >= 15 is 0 Å². The average Bonchev–Trinajstić information content (AvgIpc) is 3.41. The van der Waals surface area contributed by atoms with E-state index in [1.807, 2.05) is 16.7 Å². The third kappa shape index (κ3) is 4.42. The molecule has 4 rings (SSSR count). The van der Waals surface area contributed by atoms with Gasteiger partial charge in [-0.3, -0.25) is 14.3 Å². The Labute approximate surface area is 173 Å². The molecule has 2 aliphatic rings. The molecule has 0 bridgehead atoms. The van der Waals surface area contributed by atoms with Gasteiger partial charge in [-0.2, -0.15) is 0 Å². The second-order valence-corrected chi connectivity index (χ2v) is 8.81. The van der Waals surface area contributed by atoms with Crippen LogP contribution >= 0.6 is 11.8 Å². The maximum absolute atomic E-state index is 12.4. The minimum Gasteiger partial charge on any atom is -0.467 e. The number of urea groups is 1. The SMILES string of the molecule is CC1CC(C)CN(c2nnc(SCC(=O)N3CCNC3=O)n2Cc2ccco2)C1. The second kappa shape index (κ2) is 8.48. The number of imide groups is 1. The fourth-order valence-electron chi connectivity index (χ4n) is 4.06. The zero-order chi connectivity index (χ0) is 20.4. The molecule has 29 heavy (non-hydrogen) atoms. The zero-order valence-electron chi connectivity index (χ0n) is 16.7. The molecule has 0 aromatic carbocycles. The van der Waals surface area contributed by atoms with E-state index in [0.29, 0.717) is 36.6 Å². The summed E-state index contributed by atoms with van der Waals surface area (Å²) in [5.41, 5.74) is 0. The summed E-state index contributed by atoms with van der Waals surface area (Å²) in [6.45, 7) is 7.77. The number of carbonyl (C=O) groups excluding carboxylic acids is 2. The Kier molecular flexibility index (Phi) is 5.79. The average molecular weight is 419 g/mol. The Bertz CT molecular complexity index is 857. The van der Waals surface area contributed by atoms with Crippen LogP contribution in [0.1, 0.15) is 26.0 Å². The highest BCUT2D eigenvalue weighted by Gasteiger charge is 2.29. The molecule has 0 radical (unpaired) electrons. The number of rotatable bonds is 6. The van der Waals surface area contributed by atoms with Crippen molar-refractivity contribution in [2.75, 3.05) is 36.8 Å². The molecule has 4 heterocycles. The number of hydrogen-bond acceptors (Lipinski definition) is 7. The molecule has 2 unspecified atom stereocenters. The summed E-state index contributed by atoms with van der Waals surface area (Å²) >= 11 is 1.30. The van der Waals surface area contributed by atoms with Crippen molar-refractivity contribution < 1.29 is 14.0 Å². The summed E-state index contributed by atoms with van der Waals surface area (Å²) in [7, 11) is 0. The van der Waals surface area contributed by atoms with Crippen molar-refractivity contribution in [1.29, 1.82) is 0 Å². The minimum atomic E-state index is -0.329. The minimum absolute atomic E-state index is 0.135. The van der Waals surface area contributed by atoms with Gasteiger partial charge in [0.05, 0.1) is 18.6 Å². The highest BCUT2D eigenvalue weighted by atomic mass is 32.2. The number of anilines is 1. The number of nitrogens with one attached hydrogen (secondary N) is 1. The van der Waals surface area contributed by atoms with E-state index in [1.165, 1.54) is 23.1 Å². The molecule has 9 nitrogen and oxygen atoms in total. The van der Waals surface area contributed by atoms with Gasteiger partial charge in [-0.15, -0.1) is 10.2 Å². The van der Waals surface area contributed by atoms with Gasteiger partial charge in [0.25, 0.3) is 0 Å². The van der Waals surface area contributed by atoms with E-state index in [2.05, 4.69) is 34.3 Å². The highest BCUT2D eigenvalue weighted by Crippen LogP contribution is 2.29. The Morgan fingerprint density at radius 1 is 1.31 bits per heavy atom. The van der Waals surface area contributed by atoms with Gasteiger partial charge in [0.2, 0.25) is 11.9 Å². The van der Waals surface area contributed by atoms with Crippen LogP contribution in [0.5, 0.6) is 0 Å². The van der Waals surface area contributed by atoms with Crippen LogP contribution in [0.2, 0.25) is 0 Å². The molecule has 0 spiro atoms. The molecule has 3 amide bonds. The van der Waals surface area contributed by atoms with Crippen LogP contribution in [0.3, 0.4) is 0 Å². The van der Waals surface area contributed by atoms with Crippen LogP contribution in [0.4, 0.5) is 10.7 Å². The lowest BCUT2D eigenvalue weighted by Crippen LogP contribution is -2.40. The maximum atomic E-state index is 12.4. The molecular weight excluding hydrogens is 392 g/mol. The molecule has 1 N–H and O–H groups in total. The summed E-state index contributed by atoms with van der Waals surface area (Å²) in [6.07, 6.45) is 2.85. The van der Waals surface area contributed by atoms with Crippen molar-refractivity contribution in [3.05, 3.63) is 24.2 Å². The van der Waals surface area contributed by atoms with Gasteiger partial charge < -0.3 is 14.6 Å². The standard InChI is InChI=1S/C19H26N6O3S/c1-13-8-14(2)10-23(9-13)17-21-22-19(25(17)11-15-4-3-7-28-15)29-12-16(26)24-6-5-20-18(24)27/h3-4,7,13-14H,5-6,8-12H2,1-2H3,(H,20,27). The van der Waals surface area contributed by atoms with Crippen LogP contribution in [-0.4, -0.2) is 63.5 Å². The summed E-state index contributed by atoms with van der Waals surface area (Å²) in [6, 6.07) is 3.44. The third-order valence-corrected chi connectivity index (χ3v) is 6.18. The predicted molar refractivity (Wildman–Crippen MR) is 109 cm³/mol. The number of amides is 3. The molecule has 0 aliphatic carbocycles. The monoisotopic (exact) mass is 418 g/mol. The van der Waals surface area contributed by atoms with Crippen LogP contribution in [0.25, 0.3) is 0 Å². The first kappa shape index (κ1) is 19.8. The van der Waals surface area contributed by atoms with Gasteiger partial charge in [0.15, 0.2) is 5.16 Å². The fourth-order valence-corrected chi connectivity index (χ4v) is 4.87. The summed E-state index contributed by atoms with van der Waals surface area (Å²) in [5, 5.41) is 12.1. The van der Waals surface area contributed by atoms with E-state index in [0.717, 1.165) is 24.8 Å². The Morgan fingerprint density at radius 2 is 2.10 bits per heavy atom. The molecule has 0 saturated carbocycles. The molecule has 2 aromatic heterocycles. The van der Waals surface area contributed by atoms with Gasteiger partial charge in [-0.25, -0.2) is 4.79 Å². The Hall–Kier alpha value is -2.49. The topological polar surface area (TPSA) is 96.5 Å². The van der Waals surface area contributed by atoms with Crippen LogP contribution < -0.4 is 10.2 Å². The van der Waals surface area contributed by atoms with Crippen molar-refractivity contribution in [2.45, 2.75) is 32.0 Å². The first-order valence-electron chi connectivity index (χ1n) is 9.92. The van der Waals surface area contributed by atoms with Crippen molar-refractivity contribution >= 4 is 29.6 Å². The normalized spacial score (nSPS) is 22.2. The van der Waals surface area contributed by atoms with E-state index in [-0.39, 0.29) is 17.7 Å². The molecule has 2 aliphatic heterocycles. The Morgan fingerprint density at radius 3 is 2.76 bits per heavy atom. The zero-order valence-corrected chi connectivity index (χ0v) is 17.5. The van der Waals surface area contributed by atoms with E-state index < -0.39 is 0 Å². The number of carbonyl (C=O) groups is 2. The summed E-state index contributed by atoms with van der Waals surface area (Å²) in [4.78, 5) is 27.6. The summed E-state index contributed by atoms with van der Waals surface area (Å²) < 4.78 is 7.54. The molecule has 156 valence electrons. The highest BCUT2D eigenvalue weighted by molar-refractivity contribution is 7.99. The van der Waals surface area contributed by atoms with E-state index in [1.54, 1.807) is 6.26 Å². The van der Waals surface area contributed by atoms with Crippen LogP contribution in [0.15, 0.2) is 28.0 Å². The fraction of sp³-hybridized carbons (Fsp3) is 0.579. The molecule has 2 atom stereocenters. The van der Waals surface area contributed by atoms with E-state index in [9.17, 15) is 9.59 Å². The van der Waals surface area contributed by atoms with Gasteiger partial charge >= 0.3 is 6.03 Å². The number of thioether (sulfide) groups is 1. The lowest BCUT2D eigenvalue weighted by Gasteiger charge is -2.35. The van der Waals surface area contributed by atoms with Crippen LogP contribution in [-0.2, 0) is 11.3 Å². The largest absolute Gasteiger partial charge is 0.467 e. The number of hydrogen-bond donors (Lipinski definition) is 1.